The molecule has 0 saturated carbocycles. The maximum absolute atomic E-state index is 13.5. The summed E-state index contributed by atoms with van der Waals surface area (Å²) in [7, 11) is -3.05. The number of amides is 2. The van der Waals surface area contributed by atoms with Crippen molar-refractivity contribution in [3.8, 4) is 0 Å². The summed E-state index contributed by atoms with van der Waals surface area (Å²) >= 11 is 0. The molecule has 2 fully saturated rings. The number of sulfone groups is 1. The summed E-state index contributed by atoms with van der Waals surface area (Å²) in [6.45, 7) is 0.445. The number of carbonyl (C=O) groups excluding carboxylic acids is 1. The molecule has 5 nitrogen and oxygen atoms in total. The lowest BCUT2D eigenvalue weighted by molar-refractivity contribution is 0.220. The molecule has 0 unspecified atom stereocenters. The van der Waals surface area contributed by atoms with Crippen molar-refractivity contribution in [1.29, 1.82) is 0 Å². The van der Waals surface area contributed by atoms with Gasteiger partial charge in [0, 0.05) is 25.2 Å². The standard InChI is InChI=1S/C13H13F3N2O3S/c14-9-1-10(15)12(11(16)2-9)17-13(19)18-3-7-5-22(20,21)6-8(7)4-18/h1-2,7-8H,3-6H2,(H,17,19)/t7-,8+. The molecule has 2 aliphatic heterocycles. The Morgan fingerprint density at radius 3 is 2.09 bits per heavy atom. The fraction of sp³-hybridized carbons (Fsp3) is 0.462. The second-order valence-electron chi connectivity index (χ2n) is 5.68. The smallest absolute Gasteiger partial charge is 0.322 e. The second kappa shape index (κ2) is 5.15. The summed E-state index contributed by atoms with van der Waals surface area (Å²) in [6, 6.07) is 0.227. The number of anilines is 1. The first-order valence-electron chi connectivity index (χ1n) is 6.66. The lowest BCUT2D eigenvalue weighted by atomic mass is 10.0. The summed E-state index contributed by atoms with van der Waals surface area (Å²) in [5.41, 5.74) is -0.712. The highest BCUT2D eigenvalue weighted by Crippen LogP contribution is 2.33. The molecule has 1 aromatic rings. The van der Waals surface area contributed by atoms with Crippen molar-refractivity contribution in [1.82, 2.24) is 4.90 Å². The average molecular weight is 334 g/mol. The Morgan fingerprint density at radius 1 is 1.09 bits per heavy atom. The number of nitrogens with zero attached hydrogens (tertiary/aromatic N) is 1. The molecule has 0 bridgehead atoms. The molecular formula is C13H13F3N2O3S. The Labute approximate surface area is 125 Å². The van der Waals surface area contributed by atoms with Gasteiger partial charge in [-0.05, 0) is 11.8 Å². The van der Waals surface area contributed by atoms with Gasteiger partial charge in [0.15, 0.2) is 21.5 Å². The van der Waals surface area contributed by atoms with E-state index in [0.717, 1.165) is 0 Å². The van der Waals surface area contributed by atoms with Crippen LogP contribution in [0.5, 0.6) is 0 Å². The Balaban J connectivity index is 1.70. The van der Waals surface area contributed by atoms with E-state index in [1.165, 1.54) is 4.90 Å². The Bertz CT molecular complexity index is 695. The molecule has 2 saturated heterocycles. The van der Waals surface area contributed by atoms with Crippen LogP contribution in [0.25, 0.3) is 0 Å². The monoisotopic (exact) mass is 334 g/mol. The number of urea groups is 1. The van der Waals surface area contributed by atoms with Crippen molar-refractivity contribution in [2.24, 2.45) is 11.8 Å². The van der Waals surface area contributed by atoms with Crippen LogP contribution in [0.2, 0.25) is 0 Å². The third-order valence-electron chi connectivity index (χ3n) is 4.04. The van der Waals surface area contributed by atoms with Gasteiger partial charge < -0.3 is 10.2 Å². The zero-order valence-corrected chi connectivity index (χ0v) is 12.2. The minimum Gasteiger partial charge on any atom is -0.324 e. The van der Waals surface area contributed by atoms with Gasteiger partial charge in [0.25, 0.3) is 0 Å². The summed E-state index contributed by atoms with van der Waals surface area (Å²) in [5, 5.41) is 2.08. The van der Waals surface area contributed by atoms with E-state index in [-0.39, 0.29) is 36.4 Å². The van der Waals surface area contributed by atoms with Crippen LogP contribution < -0.4 is 5.32 Å². The number of halogens is 3. The zero-order valence-electron chi connectivity index (χ0n) is 11.4. The van der Waals surface area contributed by atoms with Gasteiger partial charge in [-0.2, -0.15) is 0 Å². The van der Waals surface area contributed by atoms with Gasteiger partial charge in [-0.3, -0.25) is 0 Å². The first-order chi connectivity index (χ1) is 10.2. The fourth-order valence-electron chi connectivity index (χ4n) is 3.05. The predicted octanol–water partition coefficient (Wildman–Crippen LogP) is 1.61. The van der Waals surface area contributed by atoms with Gasteiger partial charge >= 0.3 is 6.03 Å². The number of rotatable bonds is 1. The number of carbonyl (C=O) groups is 1. The highest BCUT2D eigenvalue weighted by Gasteiger charge is 2.45. The molecule has 3 rings (SSSR count). The largest absolute Gasteiger partial charge is 0.324 e. The van der Waals surface area contributed by atoms with E-state index in [4.69, 9.17) is 0 Å². The van der Waals surface area contributed by atoms with Crippen molar-refractivity contribution in [2.45, 2.75) is 0 Å². The number of hydrogen-bond donors (Lipinski definition) is 1. The van der Waals surface area contributed by atoms with Crippen LogP contribution in [0.15, 0.2) is 12.1 Å². The van der Waals surface area contributed by atoms with Crippen molar-refractivity contribution in [2.75, 3.05) is 29.9 Å². The molecule has 1 N–H and O–H groups in total. The van der Waals surface area contributed by atoms with E-state index < -0.39 is 39.0 Å². The lowest BCUT2D eigenvalue weighted by Gasteiger charge is -2.18. The number of hydrogen-bond acceptors (Lipinski definition) is 3. The van der Waals surface area contributed by atoms with Crippen molar-refractivity contribution < 1.29 is 26.4 Å². The number of fused-ring (bicyclic) bond motifs is 1. The van der Waals surface area contributed by atoms with Crippen molar-refractivity contribution >= 4 is 21.6 Å². The second-order valence-corrected chi connectivity index (χ2v) is 7.83. The van der Waals surface area contributed by atoms with E-state index in [9.17, 15) is 26.4 Å². The van der Waals surface area contributed by atoms with Gasteiger partial charge in [0.2, 0.25) is 0 Å². The van der Waals surface area contributed by atoms with Crippen LogP contribution in [0.4, 0.5) is 23.7 Å². The molecule has 0 aromatic heterocycles. The number of benzene rings is 1. The lowest BCUT2D eigenvalue weighted by Crippen LogP contribution is -2.35. The van der Waals surface area contributed by atoms with Crippen LogP contribution in [-0.2, 0) is 9.84 Å². The minimum absolute atomic E-state index is 0.0285. The van der Waals surface area contributed by atoms with Gasteiger partial charge in [-0.15, -0.1) is 0 Å². The van der Waals surface area contributed by atoms with Crippen LogP contribution >= 0.6 is 0 Å². The van der Waals surface area contributed by atoms with Crippen LogP contribution in [0.3, 0.4) is 0 Å². The average Bonchev–Trinajstić information content (AvgIpc) is 2.86. The molecule has 1 aromatic carbocycles. The quantitative estimate of drug-likeness (QED) is 0.849. The van der Waals surface area contributed by atoms with E-state index in [1.807, 2.05) is 0 Å². The predicted molar refractivity (Wildman–Crippen MR) is 72.5 cm³/mol. The molecule has 2 amide bonds. The zero-order chi connectivity index (χ0) is 16.1. The first-order valence-corrected chi connectivity index (χ1v) is 8.48. The number of likely N-dealkylation sites (tertiary alicyclic amines) is 1. The molecule has 22 heavy (non-hydrogen) atoms. The molecule has 120 valence electrons. The van der Waals surface area contributed by atoms with E-state index in [1.54, 1.807) is 0 Å². The highest BCUT2D eigenvalue weighted by molar-refractivity contribution is 7.91. The topological polar surface area (TPSA) is 66.5 Å². The third-order valence-corrected chi connectivity index (χ3v) is 5.91. The molecule has 9 heteroatoms. The highest BCUT2D eigenvalue weighted by atomic mass is 32.2. The van der Waals surface area contributed by atoms with Gasteiger partial charge in [-0.1, -0.05) is 0 Å². The maximum Gasteiger partial charge on any atom is 0.322 e. The molecule has 0 spiro atoms. The normalized spacial score (nSPS) is 26.0. The molecule has 2 atom stereocenters. The van der Waals surface area contributed by atoms with Gasteiger partial charge in [0.05, 0.1) is 11.5 Å². The van der Waals surface area contributed by atoms with Crippen molar-refractivity contribution in [3.05, 3.63) is 29.6 Å². The van der Waals surface area contributed by atoms with Crippen molar-refractivity contribution in [3.63, 3.8) is 0 Å². The minimum atomic E-state index is -3.05. The summed E-state index contributed by atoms with van der Waals surface area (Å²) in [4.78, 5) is 13.4. The Hall–Kier alpha value is -1.77. The van der Waals surface area contributed by atoms with Crippen LogP contribution in [0.1, 0.15) is 0 Å². The number of nitrogens with one attached hydrogen (secondary N) is 1. The molecule has 0 aliphatic carbocycles. The molecule has 2 aliphatic rings. The summed E-state index contributed by atoms with van der Waals surface area (Å²) in [6.07, 6.45) is 0. The van der Waals surface area contributed by atoms with E-state index in [0.29, 0.717) is 12.1 Å². The van der Waals surface area contributed by atoms with E-state index >= 15 is 0 Å². The third kappa shape index (κ3) is 2.77. The molecule has 0 radical (unpaired) electrons. The maximum atomic E-state index is 13.5. The summed E-state index contributed by atoms with van der Waals surface area (Å²) < 4.78 is 62.8. The Kier molecular flexibility index (Phi) is 3.54. The molecule has 2 heterocycles. The SMILES string of the molecule is O=C(Nc1c(F)cc(F)cc1F)N1C[C@@H]2CS(=O)(=O)C[C@@H]2C1. The van der Waals surface area contributed by atoms with Gasteiger partial charge in [-0.25, -0.2) is 26.4 Å². The Morgan fingerprint density at radius 2 is 1.59 bits per heavy atom. The van der Waals surface area contributed by atoms with Crippen LogP contribution in [-0.4, -0.2) is 43.9 Å². The van der Waals surface area contributed by atoms with Crippen LogP contribution in [0, 0.1) is 29.3 Å². The van der Waals surface area contributed by atoms with Gasteiger partial charge in [0.1, 0.15) is 11.5 Å². The first kappa shape index (κ1) is 15.1. The summed E-state index contributed by atoms with van der Waals surface area (Å²) in [5.74, 6) is -3.70. The fourth-order valence-corrected chi connectivity index (χ4v) is 5.25. The van der Waals surface area contributed by atoms with E-state index in [2.05, 4.69) is 5.32 Å². The molecular weight excluding hydrogens is 321 g/mol.